The highest BCUT2D eigenvalue weighted by atomic mass is 19.1. The molecule has 0 saturated heterocycles. The average Bonchev–Trinajstić information content (AvgIpc) is 3.30. The Balaban J connectivity index is 1.84. The van der Waals surface area contributed by atoms with Crippen LogP contribution in [0.3, 0.4) is 0 Å². The molecule has 3 aromatic heterocycles. The molecule has 2 aromatic carbocycles. The Bertz CT molecular complexity index is 1390. The highest BCUT2D eigenvalue weighted by Gasteiger charge is 2.20. The topological polar surface area (TPSA) is 71.4 Å². The number of aryl methyl sites for hydroxylation is 1. The fourth-order valence-electron chi connectivity index (χ4n) is 3.51. The van der Waals surface area contributed by atoms with E-state index in [1.807, 2.05) is 11.6 Å². The van der Waals surface area contributed by atoms with Gasteiger partial charge in [-0.2, -0.15) is 5.10 Å². The lowest BCUT2D eigenvalue weighted by Crippen LogP contribution is -2.15. The number of hydrogen-bond donors (Lipinski definition) is 2. The van der Waals surface area contributed by atoms with Gasteiger partial charge in [-0.15, -0.1) is 0 Å². The van der Waals surface area contributed by atoms with E-state index < -0.39 is 11.5 Å². The fraction of sp³-hybridized carbons (Fsp3) is 0.0526. The molecule has 0 atom stereocenters. The predicted octanol–water partition coefficient (Wildman–Crippen LogP) is 3.48. The minimum atomic E-state index is -0.469. The molecule has 134 valence electrons. The van der Waals surface area contributed by atoms with Gasteiger partial charge in [-0.1, -0.05) is 0 Å². The summed E-state index contributed by atoms with van der Waals surface area (Å²) in [5.41, 5.74) is 2.08. The highest BCUT2D eigenvalue weighted by Crippen LogP contribution is 2.31. The first kappa shape index (κ1) is 15.6. The van der Waals surface area contributed by atoms with Gasteiger partial charge >= 0.3 is 5.69 Å². The second-order valence-corrected chi connectivity index (χ2v) is 6.37. The van der Waals surface area contributed by atoms with Crippen molar-refractivity contribution in [3.05, 3.63) is 70.9 Å². The fourth-order valence-corrected chi connectivity index (χ4v) is 3.51. The Kier molecular flexibility index (Phi) is 3.12. The second kappa shape index (κ2) is 5.41. The third-order valence-electron chi connectivity index (χ3n) is 4.73. The Morgan fingerprint density at radius 1 is 1.04 bits per heavy atom. The molecule has 0 saturated carbocycles. The van der Waals surface area contributed by atoms with Gasteiger partial charge < -0.3 is 9.55 Å². The monoisotopic (exact) mass is 365 g/mol. The Morgan fingerprint density at radius 2 is 1.78 bits per heavy atom. The van der Waals surface area contributed by atoms with E-state index in [1.54, 1.807) is 24.5 Å². The average molecular weight is 365 g/mol. The molecular weight excluding hydrogens is 352 g/mol. The number of H-pyrrole nitrogens is 2. The van der Waals surface area contributed by atoms with E-state index in [0.717, 1.165) is 5.52 Å². The van der Waals surface area contributed by atoms with Crippen LogP contribution in [0, 0.1) is 11.6 Å². The number of benzene rings is 2. The lowest BCUT2D eigenvalue weighted by molar-refractivity contribution is 0.629. The lowest BCUT2D eigenvalue weighted by atomic mass is 10.1. The van der Waals surface area contributed by atoms with Crippen LogP contribution in [0.5, 0.6) is 0 Å². The van der Waals surface area contributed by atoms with Crippen molar-refractivity contribution in [3.8, 4) is 17.1 Å². The largest absolute Gasteiger partial charge is 0.359 e. The molecule has 0 aliphatic rings. The van der Waals surface area contributed by atoms with Crippen molar-refractivity contribution in [1.29, 1.82) is 0 Å². The first-order valence-corrected chi connectivity index (χ1v) is 8.22. The maximum Gasteiger partial charge on any atom is 0.348 e. The van der Waals surface area contributed by atoms with Crippen molar-refractivity contribution in [3.63, 3.8) is 0 Å². The van der Waals surface area contributed by atoms with E-state index >= 15 is 0 Å². The van der Waals surface area contributed by atoms with E-state index in [0.29, 0.717) is 33.4 Å². The lowest BCUT2D eigenvalue weighted by Gasteiger charge is -2.04. The van der Waals surface area contributed by atoms with Crippen molar-refractivity contribution in [2.24, 2.45) is 7.05 Å². The summed E-state index contributed by atoms with van der Waals surface area (Å²) < 4.78 is 30.8. The maximum atomic E-state index is 13.8. The van der Waals surface area contributed by atoms with Crippen molar-refractivity contribution < 1.29 is 8.78 Å². The van der Waals surface area contributed by atoms with Gasteiger partial charge in [0.25, 0.3) is 0 Å². The van der Waals surface area contributed by atoms with Crippen LogP contribution in [-0.2, 0) is 7.05 Å². The Labute approximate surface area is 150 Å². The minimum Gasteiger partial charge on any atom is -0.359 e. The quantitative estimate of drug-likeness (QED) is 0.503. The third-order valence-corrected chi connectivity index (χ3v) is 4.73. The zero-order chi connectivity index (χ0) is 18.7. The van der Waals surface area contributed by atoms with E-state index in [-0.39, 0.29) is 5.82 Å². The molecule has 0 fully saturated rings. The van der Waals surface area contributed by atoms with E-state index in [1.165, 1.54) is 28.8 Å². The summed E-state index contributed by atoms with van der Waals surface area (Å²) >= 11 is 0. The van der Waals surface area contributed by atoms with E-state index in [4.69, 9.17) is 0 Å². The zero-order valence-corrected chi connectivity index (χ0v) is 14.1. The molecule has 27 heavy (non-hydrogen) atoms. The summed E-state index contributed by atoms with van der Waals surface area (Å²) in [6, 6.07) is 8.76. The van der Waals surface area contributed by atoms with Crippen LogP contribution in [0.25, 0.3) is 38.9 Å². The van der Waals surface area contributed by atoms with Crippen molar-refractivity contribution in [2.75, 3.05) is 0 Å². The zero-order valence-electron chi connectivity index (χ0n) is 14.1. The summed E-state index contributed by atoms with van der Waals surface area (Å²) in [5.74, 6) is -0.469. The van der Waals surface area contributed by atoms with Crippen LogP contribution in [0.2, 0.25) is 0 Å². The molecule has 0 spiro atoms. The van der Waals surface area contributed by atoms with Gasteiger partial charge in [0.05, 0.1) is 5.69 Å². The normalized spacial score (nSPS) is 11.7. The molecule has 0 unspecified atom stereocenters. The molecule has 8 heteroatoms. The number of aromatic amines is 2. The van der Waals surface area contributed by atoms with Crippen LogP contribution < -0.4 is 5.69 Å². The van der Waals surface area contributed by atoms with Crippen LogP contribution >= 0.6 is 0 Å². The van der Waals surface area contributed by atoms with Gasteiger partial charge in [-0.05, 0) is 36.4 Å². The van der Waals surface area contributed by atoms with Crippen LogP contribution in [-0.4, -0.2) is 24.3 Å². The molecule has 0 amide bonds. The SMILES string of the molecule is Cn1cc(-c2n[nH]c(=O)n2-c2c[nH]c3ccc(F)cc23)c2cc(F)ccc21. The number of nitrogens with one attached hydrogen (secondary N) is 2. The molecular formula is C19H13F2N5O. The first-order valence-electron chi connectivity index (χ1n) is 8.22. The predicted molar refractivity (Wildman–Crippen MR) is 97.9 cm³/mol. The van der Waals surface area contributed by atoms with Crippen molar-refractivity contribution >= 4 is 21.8 Å². The van der Waals surface area contributed by atoms with E-state index in [9.17, 15) is 13.6 Å². The number of aromatic nitrogens is 5. The molecule has 5 rings (SSSR count). The van der Waals surface area contributed by atoms with Gasteiger partial charge in [-0.25, -0.2) is 23.2 Å². The first-order chi connectivity index (χ1) is 13.0. The Morgan fingerprint density at radius 3 is 2.59 bits per heavy atom. The molecule has 0 aliphatic carbocycles. The summed E-state index contributed by atoms with van der Waals surface area (Å²) in [4.78, 5) is 15.5. The van der Waals surface area contributed by atoms with Crippen molar-refractivity contribution in [2.45, 2.75) is 0 Å². The smallest absolute Gasteiger partial charge is 0.348 e. The summed E-state index contributed by atoms with van der Waals surface area (Å²) in [5, 5.41) is 7.76. The van der Waals surface area contributed by atoms with E-state index in [2.05, 4.69) is 15.2 Å². The molecule has 0 aliphatic heterocycles. The number of hydrogen-bond acceptors (Lipinski definition) is 2. The molecule has 5 aromatic rings. The van der Waals surface area contributed by atoms with Gasteiger partial charge in [0.1, 0.15) is 11.6 Å². The van der Waals surface area contributed by atoms with Crippen LogP contribution in [0.15, 0.2) is 53.6 Å². The van der Waals surface area contributed by atoms with Gasteiger partial charge in [0.15, 0.2) is 5.82 Å². The summed E-state index contributed by atoms with van der Waals surface area (Å²) in [6.45, 7) is 0. The number of rotatable bonds is 2. The molecule has 6 nitrogen and oxygen atoms in total. The van der Waals surface area contributed by atoms with Crippen molar-refractivity contribution in [1.82, 2.24) is 24.3 Å². The number of nitrogens with zero attached hydrogens (tertiary/aromatic N) is 3. The molecule has 0 radical (unpaired) electrons. The minimum absolute atomic E-state index is 0.321. The van der Waals surface area contributed by atoms with Crippen LogP contribution in [0.4, 0.5) is 8.78 Å². The number of halogens is 2. The Hall–Kier alpha value is -3.68. The number of fused-ring (bicyclic) bond motifs is 2. The highest BCUT2D eigenvalue weighted by molar-refractivity contribution is 5.95. The maximum absolute atomic E-state index is 13.8. The third kappa shape index (κ3) is 2.23. The molecule has 3 heterocycles. The van der Waals surface area contributed by atoms with Gasteiger partial charge in [0, 0.05) is 46.8 Å². The molecule has 2 N–H and O–H groups in total. The van der Waals surface area contributed by atoms with Gasteiger partial charge in [0.2, 0.25) is 0 Å². The molecule has 0 bridgehead atoms. The van der Waals surface area contributed by atoms with Crippen LogP contribution in [0.1, 0.15) is 0 Å². The summed E-state index contributed by atoms with van der Waals surface area (Å²) in [7, 11) is 1.83. The van der Waals surface area contributed by atoms with Gasteiger partial charge in [-0.3, -0.25) is 0 Å². The summed E-state index contributed by atoms with van der Waals surface area (Å²) in [6.07, 6.45) is 3.40. The standard InChI is InChI=1S/C19H13F2N5O/c1-25-9-14(12-6-11(21)3-5-16(12)25)18-23-24-19(27)26(18)17-8-22-15-4-2-10(20)7-13(15)17/h2-9,22H,1H3,(H,24,27). The second-order valence-electron chi connectivity index (χ2n) is 6.37.